The summed E-state index contributed by atoms with van der Waals surface area (Å²) in [6.45, 7) is 15.1. The fourth-order valence-electron chi connectivity index (χ4n) is 1.41. The van der Waals surface area contributed by atoms with Crippen LogP contribution in [0.15, 0.2) is 17.1 Å². The highest BCUT2D eigenvalue weighted by molar-refractivity contribution is 5.84. The molecule has 0 heterocycles. The van der Waals surface area contributed by atoms with Gasteiger partial charge in [0.25, 0.3) is 0 Å². The molecule has 0 aliphatic carbocycles. The first-order valence-corrected chi connectivity index (χ1v) is 5.03. The van der Waals surface area contributed by atoms with Crippen LogP contribution in [0, 0.1) is 17.8 Å². The Kier molecular flexibility index (Phi) is 4.97. The third-order valence-corrected chi connectivity index (χ3v) is 3.09. The van der Waals surface area contributed by atoms with Crippen molar-refractivity contribution in [1.29, 1.82) is 0 Å². The molecule has 0 saturated carbocycles. The van der Waals surface area contributed by atoms with E-state index in [0.29, 0.717) is 17.8 Å². The Morgan fingerprint density at radius 3 is 1.85 bits per heavy atom. The molecule has 0 N–H and O–H groups in total. The Hall–Kier alpha value is -0.590. The Morgan fingerprint density at radius 2 is 1.54 bits per heavy atom. The van der Waals surface area contributed by atoms with Crippen molar-refractivity contribution in [1.82, 2.24) is 0 Å². The van der Waals surface area contributed by atoms with Crippen molar-refractivity contribution in [2.45, 2.75) is 34.6 Å². The summed E-state index contributed by atoms with van der Waals surface area (Å²) in [7, 11) is 1.86. The molecule has 0 spiro atoms. The summed E-state index contributed by atoms with van der Waals surface area (Å²) in [4.78, 5) is 4.23. The van der Waals surface area contributed by atoms with Gasteiger partial charge in [0.1, 0.15) is 0 Å². The molecular formula is C12H23N. The summed E-state index contributed by atoms with van der Waals surface area (Å²) in [5.74, 6) is 1.62. The molecule has 0 amide bonds. The van der Waals surface area contributed by atoms with E-state index in [1.54, 1.807) is 0 Å². The molecule has 0 aromatic heterocycles. The molecule has 1 heteroatoms. The number of aliphatic imine (C=N–C) groups is 1. The van der Waals surface area contributed by atoms with Crippen LogP contribution in [-0.2, 0) is 0 Å². The number of hydrogen-bond acceptors (Lipinski definition) is 1. The summed E-state index contributed by atoms with van der Waals surface area (Å²) >= 11 is 0. The molecule has 0 radical (unpaired) electrons. The van der Waals surface area contributed by atoms with Crippen molar-refractivity contribution in [3.05, 3.63) is 12.2 Å². The van der Waals surface area contributed by atoms with Gasteiger partial charge in [-0.15, -0.1) is 0 Å². The van der Waals surface area contributed by atoms with Gasteiger partial charge in [-0.05, 0) is 24.7 Å². The molecule has 0 bridgehead atoms. The van der Waals surface area contributed by atoms with Gasteiger partial charge in [0, 0.05) is 12.8 Å². The first-order valence-electron chi connectivity index (χ1n) is 5.03. The predicted molar refractivity (Wildman–Crippen MR) is 61.3 cm³/mol. The molecule has 2 atom stereocenters. The van der Waals surface area contributed by atoms with Gasteiger partial charge < -0.3 is 0 Å². The number of hydrogen-bond donors (Lipinski definition) is 0. The van der Waals surface area contributed by atoms with Crippen LogP contribution >= 0.6 is 0 Å². The van der Waals surface area contributed by atoms with Crippen LogP contribution < -0.4 is 0 Å². The lowest BCUT2D eigenvalue weighted by atomic mass is 9.82. The van der Waals surface area contributed by atoms with Crippen molar-refractivity contribution in [3.8, 4) is 0 Å². The SMILES string of the molecule is C=C(C(C)C)C(C)C(C)C(C)=NC. The molecule has 76 valence electrons. The first kappa shape index (κ1) is 12.4. The van der Waals surface area contributed by atoms with E-state index in [0.717, 1.165) is 0 Å². The standard InChI is InChI=1S/C12H23N/c1-8(2)9(3)10(4)11(5)12(6)13-7/h8,10-11H,3H2,1-2,4-7H3. The summed E-state index contributed by atoms with van der Waals surface area (Å²) in [6.07, 6.45) is 0. The highest BCUT2D eigenvalue weighted by Gasteiger charge is 2.18. The minimum Gasteiger partial charge on any atom is -0.297 e. The van der Waals surface area contributed by atoms with Crippen LogP contribution in [0.3, 0.4) is 0 Å². The van der Waals surface area contributed by atoms with E-state index in [1.165, 1.54) is 11.3 Å². The van der Waals surface area contributed by atoms with E-state index < -0.39 is 0 Å². The summed E-state index contributed by atoms with van der Waals surface area (Å²) in [6, 6.07) is 0. The highest BCUT2D eigenvalue weighted by Crippen LogP contribution is 2.25. The van der Waals surface area contributed by atoms with Crippen molar-refractivity contribution in [3.63, 3.8) is 0 Å². The zero-order chi connectivity index (χ0) is 10.6. The van der Waals surface area contributed by atoms with Crippen LogP contribution in [0.1, 0.15) is 34.6 Å². The Labute approximate surface area is 83.0 Å². The fraction of sp³-hybridized carbons (Fsp3) is 0.750. The molecule has 0 aromatic carbocycles. The number of allylic oxidation sites excluding steroid dienone is 1. The minimum atomic E-state index is 0.514. The van der Waals surface area contributed by atoms with Crippen LogP contribution in [-0.4, -0.2) is 12.8 Å². The lowest BCUT2D eigenvalue weighted by Gasteiger charge is -2.24. The smallest absolute Gasteiger partial charge is 0.0276 e. The Morgan fingerprint density at radius 1 is 1.08 bits per heavy atom. The topological polar surface area (TPSA) is 12.4 Å². The molecule has 0 saturated heterocycles. The van der Waals surface area contributed by atoms with E-state index in [-0.39, 0.29) is 0 Å². The van der Waals surface area contributed by atoms with Crippen LogP contribution in [0.4, 0.5) is 0 Å². The Balaban J connectivity index is 4.43. The minimum absolute atomic E-state index is 0.514. The van der Waals surface area contributed by atoms with Gasteiger partial charge in [-0.25, -0.2) is 0 Å². The molecule has 2 unspecified atom stereocenters. The monoisotopic (exact) mass is 181 g/mol. The van der Waals surface area contributed by atoms with Gasteiger partial charge in [0.2, 0.25) is 0 Å². The molecule has 0 aromatic rings. The van der Waals surface area contributed by atoms with Crippen molar-refractivity contribution in [2.24, 2.45) is 22.7 Å². The quantitative estimate of drug-likeness (QED) is 0.464. The molecular weight excluding hydrogens is 158 g/mol. The molecule has 13 heavy (non-hydrogen) atoms. The molecule has 0 fully saturated rings. The molecule has 0 aliphatic rings. The maximum Gasteiger partial charge on any atom is 0.0276 e. The zero-order valence-corrected chi connectivity index (χ0v) is 9.89. The van der Waals surface area contributed by atoms with Gasteiger partial charge in [-0.3, -0.25) is 4.99 Å². The molecule has 0 rings (SSSR count). The normalized spacial score (nSPS) is 17.3. The number of nitrogens with zero attached hydrogens (tertiary/aromatic N) is 1. The lowest BCUT2D eigenvalue weighted by Crippen LogP contribution is -2.19. The van der Waals surface area contributed by atoms with Crippen LogP contribution in [0.5, 0.6) is 0 Å². The van der Waals surface area contributed by atoms with Gasteiger partial charge >= 0.3 is 0 Å². The van der Waals surface area contributed by atoms with Gasteiger partial charge in [-0.1, -0.05) is 39.8 Å². The van der Waals surface area contributed by atoms with Gasteiger partial charge in [0.15, 0.2) is 0 Å². The van der Waals surface area contributed by atoms with Crippen molar-refractivity contribution in [2.75, 3.05) is 7.05 Å². The second kappa shape index (κ2) is 5.21. The Bertz CT molecular complexity index is 201. The predicted octanol–water partition coefficient (Wildman–Crippen LogP) is 3.56. The maximum atomic E-state index is 4.23. The average Bonchev–Trinajstić information content (AvgIpc) is 2.12. The van der Waals surface area contributed by atoms with Crippen molar-refractivity contribution < 1.29 is 0 Å². The summed E-state index contributed by atoms with van der Waals surface area (Å²) in [5, 5.41) is 0. The van der Waals surface area contributed by atoms with Crippen LogP contribution in [0.2, 0.25) is 0 Å². The van der Waals surface area contributed by atoms with E-state index in [2.05, 4.69) is 46.2 Å². The average molecular weight is 181 g/mol. The summed E-state index contributed by atoms with van der Waals surface area (Å²) in [5.41, 5.74) is 2.55. The van der Waals surface area contributed by atoms with Crippen LogP contribution in [0.25, 0.3) is 0 Å². The lowest BCUT2D eigenvalue weighted by molar-refractivity contribution is 0.504. The van der Waals surface area contributed by atoms with E-state index in [9.17, 15) is 0 Å². The first-order chi connectivity index (χ1) is 5.91. The van der Waals surface area contributed by atoms with Crippen molar-refractivity contribution >= 4 is 5.71 Å². The molecule has 1 nitrogen and oxygen atoms in total. The highest BCUT2D eigenvalue weighted by atomic mass is 14.7. The third kappa shape index (κ3) is 3.33. The van der Waals surface area contributed by atoms with Gasteiger partial charge in [-0.2, -0.15) is 0 Å². The largest absolute Gasteiger partial charge is 0.297 e. The zero-order valence-electron chi connectivity index (χ0n) is 9.89. The van der Waals surface area contributed by atoms with Gasteiger partial charge in [0.05, 0.1) is 0 Å². The van der Waals surface area contributed by atoms with E-state index >= 15 is 0 Å². The van der Waals surface area contributed by atoms with E-state index in [4.69, 9.17) is 0 Å². The molecule has 0 aliphatic heterocycles. The number of rotatable bonds is 4. The maximum absolute atomic E-state index is 4.23. The second-order valence-corrected chi connectivity index (χ2v) is 4.17. The van der Waals surface area contributed by atoms with E-state index in [1.807, 2.05) is 7.05 Å². The second-order valence-electron chi connectivity index (χ2n) is 4.17. The third-order valence-electron chi connectivity index (χ3n) is 3.09. The summed E-state index contributed by atoms with van der Waals surface area (Å²) < 4.78 is 0. The fourth-order valence-corrected chi connectivity index (χ4v) is 1.41.